The first-order valence-corrected chi connectivity index (χ1v) is 17.3. The quantitative estimate of drug-likeness (QED) is 0.147. The van der Waals surface area contributed by atoms with Crippen molar-refractivity contribution in [2.75, 3.05) is 17.4 Å². The first-order chi connectivity index (χ1) is 21.6. The lowest BCUT2D eigenvalue weighted by Gasteiger charge is -2.34. The second-order valence-electron chi connectivity index (χ2n) is 11.1. The summed E-state index contributed by atoms with van der Waals surface area (Å²) < 4.78 is 30.4. The highest BCUT2D eigenvalue weighted by Crippen LogP contribution is 2.29. The number of unbranched alkanes of at least 4 members (excludes halogenated alkanes) is 1. The predicted molar refractivity (Wildman–Crippen MR) is 183 cm³/mol. The van der Waals surface area contributed by atoms with Crippen molar-refractivity contribution < 1.29 is 18.0 Å². The Bertz CT molecular complexity index is 1700. The van der Waals surface area contributed by atoms with Gasteiger partial charge in [0.2, 0.25) is 11.8 Å². The molecule has 1 N–H and O–H groups in total. The Balaban J connectivity index is 1.81. The van der Waals surface area contributed by atoms with Crippen molar-refractivity contribution in [2.24, 2.45) is 0 Å². The summed E-state index contributed by atoms with van der Waals surface area (Å²) in [7, 11) is -4.15. The number of carbonyl (C=O) groups is 2. The van der Waals surface area contributed by atoms with Crippen LogP contribution >= 0.6 is 15.9 Å². The van der Waals surface area contributed by atoms with E-state index in [-0.39, 0.29) is 23.8 Å². The van der Waals surface area contributed by atoms with E-state index in [0.29, 0.717) is 17.8 Å². The molecule has 1 atom stereocenters. The van der Waals surface area contributed by atoms with Crippen molar-refractivity contribution >= 4 is 43.5 Å². The second kappa shape index (κ2) is 15.9. The molecule has 0 fully saturated rings. The molecule has 2 amide bonds. The first-order valence-electron chi connectivity index (χ1n) is 15.1. The van der Waals surface area contributed by atoms with Crippen LogP contribution in [-0.4, -0.2) is 44.3 Å². The number of anilines is 1. The van der Waals surface area contributed by atoms with Gasteiger partial charge in [-0.25, -0.2) is 8.42 Å². The Hall–Kier alpha value is -3.95. The van der Waals surface area contributed by atoms with Crippen LogP contribution in [0.1, 0.15) is 42.0 Å². The zero-order chi connectivity index (χ0) is 32.4. The van der Waals surface area contributed by atoms with E-state index in [2.05, 4.69) is 21.2 Å². The van der Waals surface area contributed by atoms with Gasteiger partial charge in [0, 0.05) is 24.0 Å². The Labute approximate surface area is 275 Å². The van der Waals surface area contributed by atoms with E-state index in [4.69, 9.17) is 0 Å². The van der Waals surface area contributed by atoms with Gasteiger partial charge in [0.1, 0.15) is 12.6 Å². The molecule has 0 unspecified atom stereocenters. The van der Waals surface area contributed by atoms with Crippen molar-refractivity contribution in [2.45, 2.75) is 57.5 Å². The Morgan fingerprint density at radius 3 is 2.18 bits per heavy atom. The van der Waals surface area contributed by atoms with E-state index in [0.717, 1.165) is 34.0 Å². The minimum Gasteiger partial charge on any atom is -0.354 e. The van der Waals surface area contributed by atoms with Crippen molar-refractivity contribution in [3.8, 4) is 0 Å². The average Bonchev–Trinajstić information content (AvgIpc) is 3.03. The fourth-order valence-corrected chi connectivity index (χ4v) is 7.05. The molecular formula is C36H40BrN3O4S. The van der Waals surface area contributed by atoms with Gasteiger partial charge in [0.15, 0.2) is 0 Å². The van der Waals surface area contributed by atoms with Crippen LogP contribution in [0.5, 0.6) is 0 Å². The van der Waals surface area contributed by atoms with Gasteiger partial charge in [-0.2, -0.15) is 0 Å². The lowest BCUT2D eigenvalue weighted by molar-refractivity contribution is -0.140. The number of nitrogens with one attached hydrogen (secondary N) is 1. The maximum Gasteiger partial charge on any atom is 0.264 e. The van der Waals surface area contributed by atoms with Gasteiger partial charge in [-0.3, -0.25) is 13.9 Å². The lowest BCUT2D eigenvalue weighted by atomic mass is 10.0. The summed E-state index contributed by atoms with van der Waals surface area (Å²) in [6.07, 6.45) is 1.99. The minimum atomic E-state index is -4.15. The lowest BCUT2D eigenvalue weighted by Crippen LogP contribution is -2.53. The number of hydrogen-bond acceptors (Lipinski definition) is 4. The fourth-order valence-electron chi connectivity index (χ4n) is 5.11. The van der Waals surface area contributed by atoms with Crippen molar-refractivity contribution in [3.05, 3.63) is 130 Å². The number of hydrogen-bond donors (Lipinski definition) is 1. The van der Waals surface area contributed by atoms with Crippen LogP contribution in [0.25, 0.3) is 0 Å². The molecule has 0 aliphatic heterocycles. The highest BCUT2D eigenvalue weighted by molar-refractivity contribution is 9.10. The zero-order valence-corrected chi connectivity index (χ0v) is 28.4. The fraction of sp³-hybridized carbons (Fsp3) is 0.278. The van der Waals surface area contributed by atoms with E-state index >= 15 is 0 Å². The molecule has 4 rings (SSSR count). The molecule has 7 nitrogen and oxygen atoms in total. The molecule has 0 saturated carbocycles. The summed E-state index contributed by atoms with van der Waals surface area (Å²) in [6, 6.07) is 29.9. The monoisotopic (exact) mass is 689 g/mol. The summed E-state index contributed by atoms with van der Waals surface area (Å²) in [5.41, 5.74) is 3.69. The van der Waals surface area contributed by atoms with Gasteiger partial charge < -0.3 is 10.2 Å². The van der Waals surface area contributed by atoms with E-state index in [1.807, 2.05) is 87.5 Å². The third-order valence-electron chi connectivity index (χ3n) is 7.59. The van der Waals surface area contributed by atoms with Crippen molar-refractivity contribution in [1.82, 2.24) is 10.2 Å². The SMILES string of the molecule is CCCCNC(=O)[C@H](Cc1ccccc1)N(Cc1cccc(Br)c1)C(=O)CN(c1cc(C)ccc1C)S(=O)(=O)c1ccccc1. The Morgan fingerprint density at radius 1 is 0.844 bits per heavy atom. The van der Waals surface area contributed by atoms with E-state index < -0.39 is 28.5 Å². The van der Waals surface area contributed by atoms with Gasteiger partial charge in [-0.15, -0.1) is 0 Å². The van der Waals surface area contributed by atoms with Crippen LogP contribution in [0, 0.1) is 13.8 Å². The smallest absolute Gasteiger partial charge is 0.264 e. The number of aryl methyl sites for hydroxylation is 2. The number of halogens is 1. The van der Waals surface area contributed by atoms with Gasteiger partial charge in [-0.1, -0.05) is 102 Å². The molecule has 4 aromatic carbocycles. The van der Waals surface area contributed by atoms with Crippen LogP contribution in [0.2, 0.25) is 0 Å². The van der Waals surface area contributed by atoms with Gasteiger partial charge in [0.05, 0.1) is 10.6 Å². The summed E-state index contributed by atoms with van der Waals surface area (Å²) in [6.45, 7) is 5.87. The highest BCUT2D eigenvalue weighted by atomic mass is 79.9. The van der Waals surface area contributed by atoms with E-state index in [1.165, 1.54) is 21.3 Å². The molecule has 0 aliphatic rings. The zero-order valence-electron chi connectivity index (χ0n) is 25.9. The molecule has 9 heteroatoms. The van der Waals surface area contributed by atoms with E-state index in [9.17, 15) is 18.0 Å². The molecule has 0 radical (unpaired) electrons. The van der Waals surface area contributed by atoms with Crippen molar-refractivity contribution in [3.63, 3.8) is 0 Å². The van der Waals surface area contributed by atoms with Crippen molar-refractivity contribution in [1.29, 1.82) is 0 Å². The van der Waals surface area contributed by atoms with Crippen LogP contribution in [0.15, 0.2) is 112 Å². The number of amides is 2. The standard InChI is InChI=1S/C36H40BrN3O4S/c1-4-5-21-38-36(42)34(24-29-13-8-6-9-14-29)39(25-30-15-12-16-31(37)23-30)35(41)26-40(33-22-27(2)19-20-28(33)3)45(43,44)32-17-10-7-11-18-32/h6-20,22-23,34H,4-5,21,24-26H2,1-3H3,(H,38,42)/t34-/m0/s1. The molecule has 0 aromatic heterocycles. The molecule has 0 spiro atoms. The molecule has 45 heavy (non-hydrogen) atoms. The number of rotatable bonds is 14. The van der Waals surface area contributed by atoms with Gasteiger partial charge >= 0.3 is 0 Å². The maximum absolute atomic E-state index is 14.6. The predicted octanol–water partition coefficient (Wildman–Crippen LogP) is 6.82. The molecule has 236 valence electrons. The number of nitrogens with zero attached hydrogens (tertiary/aromatic N) is 2. The topological polar surface area (TPSA) is 86.8 Å². The number of benzene rings is 4. The molecule has 0 bridgehead atoms. The summed E-state index contributed by atoms with van der Waals surface area (Å²) in [5.74, 6) is -0.762. The number of carbonyl (C=O) groups excluding carboxylic acids is 2. The molecule has 0 saturated heterocycles. The first kappa shape index (κ1) is 33.9. The van der Waals surface area contributed by atoms with Gasteiger partial charge in [0.25, 0.3) is 10.0 Å². The molecule has 0 aliphatic carbocycles. The molecule has 0 heterocycles. The minimum absolute atomic E-state index is 0.0791. The van der Waals surface area contributed by atoms with Crippen LogP contribution in [0.4, 0.5) is 5.69 Å². The van der Waals surface area contributed by atoms with Crippen LogP contribution < -0.4 is 9.62 Å². The third kappa shape index (κ3) is 9.05. The number of sulfonamides is 1. The maximum atomic E-state index is 14.6. The summed E-state index contributed by atoms with van der Waals surface area (Å²) in [4.78, 5) is 30.0. The molecular weight excluding hydrogens is 650 g/mol. The Kier molecular flexibility index (Phi) is 12.0. The normalized spacial score (nSPS) is 11.9. The second-order valence-corrected chi connectivity index (χ2v) is 13.9. The van der Waals surface area contributed by atoms with E-state index in [1.54, 1.807) is 24.3 Å². The summed E-state index contributed by atoms with van der Waals surface area (Å²) in [5, 5.41) is 3.02. The van der Waals surface area contributed by atoms with Crippen LogP contribution in [-0.2, 0) is 32.6 Å². The average molecular weight is 691 g/mol. The summed E-state index contributed by atoms with van der Waals surface area (Å²) >= 11 is 3.52. The third-order valence-corrected chi connectivity index (χ3v) is 9.85. The largest absolute Gasteiger partial charge is 0.354 e. The highest BCUT2D eigenvalue weighted by Gasteiger charge is 2.35. The van der Waals surface area contributed by atoms with Crippen LogP contribution in [0.3, 0.4) is 0 Å². The molecule has 4 aromatic rings. The van der Waals surface area contributed by atoms with Gasteiger partial charge in [-0.05, 0) is 72.9 Å². The Morgan fingerprint density at radius 2 is 1.51 bits per heavy atom.